The molecule has 1 atom stereocenters. The molecule has 0 radical (unpaired) electrons. The van der Waals surface area contributed by atoms with Crippen LogP contribution in [-0.4, -0.2) is 11.7 Å². The van der Waals surface area contributed by atoms with Crippen molar-refractivity contribution in [2.45, 2.75) is 40.0 Å². The zero-order valence-electron chi connectivity index (χ0n) is 12.7. The van der Waals surface area contributed by atoms with E-state index in [9.17, 15) is 4.79 Å². The Morgan fingerprint density at radius 2 is 2.00 bits per heavy atom. The van der Waals surface area contributed by atoms with Crippen molar-refractivity contribution in [3.05, 3.63) is 29.3 Å². The van der Waals surface area contributed by atoms with E-state index >= 15 is 0 Å². The summed E-state index contributed by atoms with van der Waals surface area (Å²) in [6, 6.07) is 6.63. The van der Waals surface area contributed by atoms with Gasteiger partial charge in [-0.25, -0.2) is 10.2 Å². The lowest BCUT2D eigenvalue weighted by atomic mass is 9.72. The fraction of sp³-hybridized carbons (Fsp3) is 0.500. The fourth-order valence-electron chi connectivity index (χ4n) is 2.47. The molecule has 0 bridgehead atoms. The van der Waals surface area contributed by atoms with Gasteiger partial charge in [0.1, 0.15) is 0 Å². The van der Waals surface area contributed by atoms with Crippen LogP contribution in [0.1, 0.15) is 40.0 Å². The van der Waals surface area contributed by atoms with E-state index in [1.54, 1.807) is 24.3 Å². The Kier molecular flexibility index (Phi) is 4.88. The van der Waals surface area contributed by atoms with E-state index in [1.165, 1.54) is 6.42 Å². The van der Waals surface area contributed by atoms with Crippen LogP contribution in [0.5, 0.6) is 0 Å². The van der Waals surface area contributed by atoms with Crippen molar-refractivity contribution >= 4 is 29.0 Å². The van der Waals surface area contributed by atoms with Crippen LogP contribution in [0.4, 0.5) is 10.5 Å². The number of amides is 2. The second kappa shape index (κ2) is 6.48. The van der Waals surface area contributed by atoms with Gasteiger partial charge in [0.05, 0.1) is 0 Å². The van der Waals surface area contributed by atoms with Crippen molar-refractivity contribution in [2.75, 3.05) is 5.32 Å². The Balaban J connectivity index is 1.95. The van der Waals surface area contributed by atoms with Crippen molar-refractivity contribution in [2.24, 2.45) is 16.4 Å². The number of carbonyl (C=O) groups is 1. The second-order valence-electron chi connectivity index (χ2n) is 6.36. The second-order valence-corrected chi connectivity index (χ2v) is 6.80. The number of carbonyl (C=O) groups excluding carboxylic acids is 1. The average Bonchev–Trinajstić information content (AvgIpc) is 2.42. The van der Waals surface area contributed by atoms with E-state index in [0.717, 1.165) is 18.6 Å². The molecule has 0 spiro atoms. The lowest BCUT2D eigenvalue weighted by Crippen LogP contribution is -2.35. The third-order valence-corrected chi connectivity index (χ3v) is 4.23. The van der Waals surface area contributed by atoms with E-state index in [1.807, 2.05) is 0 Å². The Bertz CT molecular complexity index is 537. The van der Waals surface area contributed by atoms with E-state index in [-0.39, 0.29) is 11.4 Å². The first-order valence-electron chi connectivity index (χ1n) is 7.26. The molecule has 1 aromatic carbocycles. The number of nitrogens with zero attached hydrogens (tertiary/aromatic N) is 1. The van der Waals surface area contributed by atoms with Gasteiger partial charge in [0.2, 0.25) is 0 Å². The van der Waals surface area contributed by atoms with Crippen molar-refractivity contribution in [3.63, 3.8) is 0 Å². The maximum Gasteiger partial charge on any atom is 0.339 e. The topological polar surface area (TPSA) is 53.5 Å². The van der Waals surface area contributed by atoms with Crippen LogP contribution < -0.4 is 10.7 Å². The van der Waals surface area contributed by atoms with Gasteiger partial charge in [-0.2, -0.15) is 5.10 Å². The van der Waals surface area contributed by atoms with E-state index in [0.29, 0.717) is 16.6 Å². The van der Waals surface area contributed by atoms with Gasteiger partial charge in [-0.3, -0.25) is 0 Å². The van der Waals surface area contributed by atoms with E-state index < -0.39 is 0 Å². The number of halogens is 1. The first-order chi connectivity index (χ1) is 9.87. The van der Waals surface area contributed by atoms with Crippen LogP contribution >= 0.6 is 11.6 Å². The van der Waals surface area contributed by atoms with Crippen molar-refractivity contribution in [1.82, 2.24) is 5.43 Å². The molecule has 5 heteroatoms. The number of benzene rings is 1. The number of hydrogen-bond acceptors (Lipinski definition) is 2. The van der Waals surface area contributed by atoms with Crippen molar-refractivity contribution < 1.29 is 4.79 Å². The third-order valence-electron chi connectivity index (χ3n) is 3.98. The summed E-state index contributed by atoms with van der Waals surface area (Å²) in [4.78, 5) is 11.9. The molecule has 21 heavy (non-hydrogen) atoms. The van der Waals surface area contributed by atoms with Gasteiger partial charge in [-0.1, -0.05) is 32.4 Å². The molecule has 2 N–H and O–H groups in total. The molecule has 1 aliphatic carbocycles. The molecule has 1 aliphatic rings. The summed E-state index contributed by atoms with van der Waals surface area (Å²) in [6.07, 6.45) is 3.25. The summed E-state index contributed by atoms with van der Waals surface area (Å²) in [6.45, 7) is 6.57. The third kappa shape index (κ3) is 4.46. The van der Waals surface area contributed by atoms with Gasteiger partial charge in [0.15, 0.2) is 0 Å². The smallest absolute Gasteiger partial charge is 0.307 e. The Labute approximate surface area is 131 Å². The molecule has 0 aromatic heterocycles. The van der Waals surface area contributed by atoms with Crippen LogP contribution in [0.25, 0.3) is 0 Å². The minimum absolute atomic E-state index is 0.0556. The summed E-state index contributed by atoms with van der Waals surface area (Å²) in [5.74, 6) is 0.623. The molecule has 0 heterocycles. The summed E-state index contributed by atoms with van der Waals surface area (Å²) >= 11 is 5.81. The normalized spacial score (nSPS) is 22.9. The standard InChI is InChI=1S/C16H22ClN3O/c1-11-8-9-16(2,3)14(10-11)19-20-15(21)18-13-6-4-12(17)5-7-13/h4-7,11H,8-10H2,1-3H3,(H2,18,20,21)/b19-14-. The number of nitrogens with one attached hydrogen (secondary N) is 2. The van der Waals surface area contributed by atoms with Gasteiger partial charge in [0.25, 0.3) is 0 Å². The predicted octanol–water partition coefficient (Wildman–Crippen LogP) is 4.66. The predicted molar refractivity (Wildman–Crippen MR) is 87.8 cm³/mol. The lowest BCUT2D eigenvalue weighted by Gasteiger charge is -2.34. The zero-order valence-corrected chi connectivity index (χ0v) is 13.5. The zero-order chi connectivity index (χ0) is 15.5. The molecule has 2 rings (SSSR count). The highest BCUT2D eigenvalue weighted by molar-refractivity contribution is 6.30. The van der Waals surface area contributed by atoms with Gasteiger partial charge in [0, 0.05) is 21.8 Å². The largest absolute Gasteiger partial charge is 0.339 e. The number of hydrogen-bond donors (Lipinski definition) is 2. The SMILES string of the molecule is CC1CCC(C)(C)/C(=N\NC(=O)Nc2ccc(Cl)cc2)C1. The van der Waals surface area contributed by atoms with Gasteiger partial charge < -0.3 is 5.32 Å². The Hall–Kier alpha value is -1.55. The monoisotopic (exact) mass is 307 g/mol. The molecule has 1 aromatic rings. The average molecular weight is 308 g/mol. The molecule has 1 saturated carbocycles. The minimum Gasteiger partial charge on any atom is -0.307 e. The Morgan fingerprint density at radius 1 is 1.33 bits per heavy atom. The van der Waals surface area contributed by atoms with E-state index in [4.69, 9.17) is 11.6 Å². The fourth-order valence-corrected chi connectivity index (χ4v) is 2.59. The summed E-state index contributed by atoms with van der Waals surface area (Å²) < 4.78 is 0. The molecule has 1 unspecified atom stereocenters. The highest BCUT2D eigenvalue weighted by Crippen LogP contribution is 2.35. The molecule has 0 aliphatic heterocycles. The maximum absolute atomic E-state index is 11.9. The quantitative estimate of drug-likeness (QED) is 0.767. The van der Waals surface area contributed by atoms with Crippen LogP contribution in [0.2, 0.25) is 5.02 Å². The van der Waals surface area contributed by atoms with Crippen molar-refractivity contribution in [1.29, 1.82) is 0 Å². The lowest BCUT2D eigenvalue weighted by molar-refractivity contribution is 0.252. The van der Waals surface area contributed by atoms with Gasteiger partial charge in [-0.05, 0) is 49.4 Å². The summed E-state index contributed by atoms with van der Waals surface area (Å²) in [5, 5.41) is 7.70. The maximum atomic E-state index is 11.9. The van der Waals surface area contributed by atoms with Crippen molar-refractivity contribution in [3.8, 4) is 0 Å². The molecule has 4 nitrogen and oxygen atoms in total. The number of urea groups is 1. The first kappa shape index (κ1) is 15.8. The first-order valence-corrected chi connectivity index (χ1v) is 7.64. The Morgan fingerprint density at radius 3 is 2.67 bits per heavy atom. The number of rotatable bonds is 2. The molecular weight excluding hydrogens is 286 g/mol. The summed E-state index contributed by atoms with van der Waals surface area (Å²) in [5.41, 5.74) is 4.40. The minimum atomic E-state index is -0.334. The van der Waals surface area contributed by atoms with Crippen LogP contribution in [-0.2, 0) is 0 Å². The van der Waals surface area contributed by atoms with E-state index in [2.05, 4.69) is 36.6 Å². The number of anilines is 1. The number of hydrazone groups is 1. The molecule has 2 amide bonds. The molecule has 0 saturated heterocycles. The van der Waals surface area contributed by atoms with Gasteiger partial charge >= 0.3 is 6.03 Å². The molecule has 1 fully saturated rings. The van der Waals surface area contributed by atoms with Crippen LogP contribution in [0.3, 0.4) is 0 Å². The highest BCUT2D eigenvalue weighted by atomic mass is 35.5. The summed E-state index contributed by atoms with van der Waals surface area (Å²) in [7, 11) is 0. The molecule has 114 valence electrons. The van der Waals surface area contributed by atoms with Gasteiger partial charge in [-0.15, -0.1) is 0 Å². The molecular formula is C16H22ClN3O. The van der Waals surface area contributed by atoms with Crippen LogP contribution in [0, 0.1) is 11.3 Å². The highest BCUT2D eigenvalue weighted by Gasteiger charge is 2.31. The van der Waals surface area contributed by atoms with Crippen LogP contribution in [0.15, 0.2) is 29.4 Å².